The lowest BCUT2D eigenvalue weighted by Gasteiger charge is -2.49. The maximum atomic E-state index is 9.75. The molecule has 0 atom stereocenters. The van der Waals surface area contributed by atoms with Gasteiger partial charge in [-0.1, -0.05) is 12.8 Å². The maximum Gasteiger partial charge on any atom is 0.673 e. The Morgan fingerprint density at radius 3 is 1.41 bits per heavy atom. The molecule has 2 aliphatic rings. The van der Waals surface area contributed by atoms with Gasteiger partial charge in [-0.2, -0.15) is 0 Å². The number of nitrogens with zero attached hydrogens (tertiary/aromatic N) is 5. The Balaban J connectivity index is 0.00000108. The summed E-state index contributed by atoms with van der Waals surface area (Å²) >= 11 is 0. The molecule has 0 saturated carbocycles. The summed E-state index contributed by atoms with van der Waals surface area (Å²) in [5, 5.41) is 5.63. The molecule has 0 amide bonds. The van der Waals surface area contributed by atoms with E-state index in [1.54, 1.807) is 0 Å². The molecule has 0 bridgehead atoms. The summed E-state index contributed by atoms with van der Waals surface area (Å²) in [7, 11) is -8.13. The highest BCUT2D eigenvalue weighted by Crippen LogP contribution is 2.59. The van der Waals surface area contributed by atoms with Crippen molar-refractivity contribution in [2.45, 2.75) is 144 Å². The molecule has 1 aromatic carbocycles. The van der Waals surface area contributed by atoms with Crippen molar-refractivity contribution in [3.8, 4) is 0 Å². The van der Waals surface area contributed by atoms with Crippen LogP contribution in [0.2, 0.25) is 0 Å². The number of halogens is 4. The second kappa shape index (κ2) is 14.7. The molecule has 41 heavy (non-hydrogen) atoms. The van der Waals surface area contributed by atoms with Crippen LogP contribution in [0.5, 0.6) is 0 Å². The number of hydrogen-bond acceptors (Lipinski definition) is 2. The van der Waals surface area contributed by atoms with Crippen LogP contribution in [0.4, 0.5) is 28.6 Å². The summed E-state index contributed by atoms with van der Waals surface area (Å²) in [6.45, 7) is 30.3. The number of hydrogen-bond donors (Lipinski definition) is 1. The lowest BCUT2D eigenvalue weighted by Crippen LogP contribution is -2.48. The average Bonchev–Trinajstić information content (AvgIpc) is 3.47. The molecule has 2 fully saturated rings. The van der Waals surface area contributed by atoms with Crippen molar-refractivity contribution in [3.05, 3.63) is 5.36 Å². The average molecular weight is 609 g/mol. The van der Waals surface area contributed by atoms with Gasteiger partial charge in [0.05, 0.1) is 0 Å². The highest BCUT2D eigenvalue weighted by molar-refractivity contribution is 7.59. The van der Waals surface area contributed by atoms with E-state index in [2.05, 4.69) is 100 Å². The van der Waals surface area contributed by atoms with Crippen molar-refractivity contribution < 1.29 is 17.3 Å². The van der Waals surface area contributed by atoms with Gasteiger partial charge in [-0.05, 0) is 102 Å². The highest BCUT2D eigenvalue weighted by atomic mass is 31.2. The Morgan fingerprint density at radius 1 is 0.756 bits per heavy atom. The molecule has 0 unspecified atom stereocenters. The minimum Gasteiger partial charge on any atom is -0.418 e. The molecule has 6 nitrogen and oxygen atoms in total. The van der Waals surface area contributed by atoms with Gasteiger partial charge in [-0.15, -0.1) is 0 Å². The zero-order valence-electron chi connectivity index (χ0n) is 27.7. The first-order valence-electron chi connectivity index (χ1n) is 15.8. The van der Waals surface area contributed by atoms with Crippen LogP contribution in [-0.2, 0) is 0 Å². The van der Waals surface area contributed by atoms with E-state index < -0.39 is 14.8 Å². The van der Waals surface area contributed by atoms with Gasteiger partial charge >= 0.3 is 7.25 Å². The van der Waals surface area contributed by atoms with Gasteiger partial charge in [0.15, 0.2) is 13.2 Å². The monoisotopic (exact) mass is 608 g/mol. The molecule has 240 valence electrons. The van der Waals surface area contributed by atoms with Crippen LogP contribution < -0.4 is 19.9 Å². The van der Waals surface area contributed by atoms with Crippen molar-refractivity contribution in [1.29, 1.82) is 0 Å². The van der Waals surface area contributed by atoms with Gasteiger partial charge in [0.2, 0.25) is 0 Å². The largest absolute Gasteiger partial charge is 0.673 e. The number of anilines is 1. The summed E-state index contributed by atoms with van der Waals surface area (Å²) in [6.07, 6.45) is 7.84. The van der Waals surface area contributed by atoms with E-state index in [-0.39, 0.29) is 5.54 Å². The number of piperidine rings is 2. The van der Waals surface area contributed by atoms with E-state index >= 15 is 0 Å². The van der Waals surface area contributed by atoms with Crippen LogP contribution in [0.15, 0.2) is 4.74 Å². The normalized spacial score (nSPS) is 18.4. The molecule has 0 spiro atoms. The predicted molar refractivity (Wildman–Crippen MR) is 170 cm³/mol. The molecule has 0 radical (unpaired) electrons. The lowest BCUT2D eigenvalue weighted by molar-refractivity contribution is 0.290. The molecule has 2 aliphatic heterocycles. The van der Waals surface area contributed by atoms with Crippen molar-refractivity contribution >= 4 is 26.1 Å². The minimum absolute atomic E-state index is 0.00643. The Labute approximate surface area is 247 Å². The quantitative estimate of drug-likeness (QED) is 0.133. The Morgan fingerprint density at radius 2 is 1.12 bits per heavy atom. The summed E-state index contributed by atoms with van der Waals surface area (Å²) in [6, 6.07) is 1.77. The molecule has 1 N–H and O–H groups in total. The Kier molecular flexibility index (Phi) is 13.0. The summed E-state index contributed by atoms with van der Waals surface area (Å²) in [4.78, 5) is 2.62. The van der Waals surface area contributed by atoms with Crippen LogP contribution in [0, 0.1) is 0 Å². The first kappa shape index (κ1) is 36.3. The van der Waals surface area contributed by atoms with E-state index in [1.807, 2.05) is 0 Å². The van der Waals surface area contributed by atoms with E-state index in [0.717, 1.165) is 26.2 Å². The third-order valence-electron chi connectivity index (χ3n) is 7.53. The molecular weight excluding hydrogens is 550 g/mol. The minimum atomic E-state index is -6.00. The topological polar surface area (TPSA) is 37.1 Å². The van der Waals surface area contributed by atoms with Crippen molar-refractivity contribution in [2.75, 3.05) is 31.1 Å². The van der Waals surface area contributed by atoms with Crippen molar-refractivity contribution in [3.63, 3.8) is 0 Å². The standard InChI is InChI=1S/C29H58N6P.BF4/c1-22(2)34(23(3)4)27-26(28(27)35(24(5)6)25(7)8)30-36(31-29(9,10)11,32-18-14-12-15-19-32)33-20-16-13-17-21-33;2-1(3,4)5/h22-25,31H,12-21H2,1-11H3;/q+1;-1. The highest BCUT2D eigenvalue weighted by Gasteiger charge is 2.44. The molecule has 3 rings (SSSR count). The zero-order chi connectivity index (χ0) is 31.3. The number of nitrogens with one attached hydrogen (secondary N) is 1. The van der Waals surface area contributed by atoms with E-state index in [0.29, 0.717) is 24.2 Å². The predicted octanol–water partition coefficient (Wildman–Crippen LogP) is 8.01. The second-order valence-corrected chi connectivity index (χ2v) is 16.5. The second-order valence-electron chi connectivity index (χ2n) is 13.8. The van der Waals surface area contributed by atoms with Crippen molar-refractivity contribution in [1.82, 2.24) is 19.0 Å². The molecular formula is C29H58BF4N6P. The SMILES string of the molecule is CC(C)N(c1c(N=P(NC(C)(C)C)(N2CCCCC2)N2CCCCC2)c1=[N+](C(C)C)C(C)C)C(C)C.F[B-](F)(F)F. The first-order chi connectivity index (χ1) is 18.8. The third kappa shape index (κ3) is 10.4. The smallest absolute Gasteiger partial charge is 0.418 e. The fraction of sp³-hybridized carbons (Fsp3) is 0.897. The lowest BCUT2D eigenvalue weighted by atomic mass is 10.1. The molecule has 2 saturated heterocycles. The van der Waals surface area contributed by atoms with Gasteiger partial charge in [0, 0.05) is 43.8 Å². The van der Waals surface area contributed by atoms with Crippen LogP contribution in [0.1, 0.15) is 115 Å². The van der Waals surface area contributed by atoms with Crippen molar-refractivity contribution in [2.24, 2.45) is 4.74 Å². The van der Waals surface area contributed by atoms with Crippen LogP contribution in [-0.4, -0.2) is 72.5 Å². The summed E-state index contributed by atoms with van der Waals surface area (Å²) in [5.74, 6) is 0. The van der Waals surface area contributed by atoms with Crippen LogP contribution in [0.25, 0.3) is 0 Å². The summed E-state index contributed by atoms with van der Waals surface area (Å²) < 4.78 is 53.2. The molecule has 1 aromatic rings. The summed E-state index contributed by atoms with van der Waals surface area (Å²) in [5.41, 5.74) is 2.67. The molecule has 12 heteroatoms. The van der Waals surface area contributed by atoms with E-state index in [9.17, 15) is 17.3 Å². The van der Waals surface area contributed by atoms with E-state index in [4.69, 9.17) is 4.74 Å². The Hall–Kier alpha value is -0.895. The maximum absolute atomic E-state index is 9.75. The molecule has 2 heterocycles. The van der Waals surface area contributed by atoms with Gasteiger partial charge in [-0.3, -0.25) is 5.09 Å². The van der Waals surface area contributed by atoms with Crippen LogP contribution in [0.3, 0.4) is 0 Å². The molecule has 0 aliphatic carbocycles. The molecule has 0 aromatic heterocycles. The third-order valence-corrected chi connectivity index (χ3v) is 11.4. The van der Waals surface area contributed by atoms with Gasteiger partial charge in [0.1, 0.15) is 17.8 Å². The van der Waals surface area contributed by atoms with Gasteiger partial charge in [-0.25, -0.2) is 18.7 Å². The number of rotatable bonds is 9. The Bertz CT molecular complexity index is 980. The van der Waals surface area contributed by atoms with Gasteiger partial charge in [0.25, 0.3) is 5.36 Å². The van der Waals surface area contributed by atoms with Crippen LogP contribution >= 0.6 is 7.51 Å². The fourth-order valence-electron chi connectivity index (χ4n) is 6.34. The fourth-order valence-corrected chi connectivity index (χ4v) is 10.3. The van der Waals surface area contributed by atoms with E-state index in [1.165, 1.54) is 55.3 Å². The van der Waals surface area contributed by atoms with Gasteiger partial charge < -0.3 is 22.2 Å². The first-order valence-corrected chi connectivity index (χ1v) is 17.4. The zero-order valence-corrected chi connectivity index (χ0v) is 28.5.